The standard InChI is InChI=1S/C19H20F2N2O3S/c1-13-5-6-17(22-19(24)14-9-15(20)11-16(21)10-14)12-18(13)27(25,26)23-7-3-2-4-8-23/h5-6,9-12H,2-4,7-8H2,1H3,(H,22,24). The maximum absolute atomic E-state index is 13.3. The molecule has 1 saturated heterocycles. The minimum absolute atomic E-state index is 0.118. The SMILES string of the molecule is Cc1ccc(NC(=O)c2cc(F)cc(F)c2)cc1S(=O)(=O)N1CCCCC1. The van der Waals surface area contributed by atoms with Crippen molar-refractivity contribution >= 4 is 21.6 Å². The van der Waals surface area contributed by atoms with Crippen LogP contribution in [0, 0.1) is 18.6 Å². The summed E-state index contributed by atoms with van der Waals surface area (Å²) in [7, 11) is -3.67. The molecular weight excluding hydrogens is 374 g/mol. The zero-order valence-corrected chi connectivity index (χ0v) is 15.7. The van der Waals surface area contributed by atoms with Gasteiger partial charge in [0, 0.05) is 30.4 Å². The Hall–Kier alpha value is -2.32. The summed E-state index contributed by atoms with van der Waals surface area (Å²) >= 11 is 0. The van der Waals surface area contributed by atoms with Gasteiger partial charge in [-0.25, -0.2) is 17.2 Å². The van der Waals surface area contributed by atoms with Crippen LogP contribution in [0.2, 0.25) is 0 Å². The molecule has 0 bridgehead atoms. The van der Waals surface area contributed by atoms with Gasteiger partial charge in [-0.3, -0.25) is 4.79 Å². The Morgan fingerprint density at radius 1 is 1.00 bits per heavy atom. The van der Waals surface area contributed by atoms with Crippen LogP contribution in [0.25, 0.3) is 0 Å². The molecule has 5 nitrogen and oxygen atoms in total. The van der Waals surface area contributed by atoms with Crippen LogP contribution in [-0.2, 0) is 10.0 Å². The van der Waals surface area contributed by atoms with E-state index in [1.165, 1.54) is 10.4 Å². The molecule has 0 aliphatic carbocycles. The van der Waals surface area contributed by atoms with Crippen molar-refractivity contribution in [3.05, 3.63) is 59.2 Å². The molecule has 0 aromatic heterocycles. The number of amides is 1. The summed E-state index contributed by atoms with van der Waals surface area (Å²) in [6, 6.07) is 7.03. The Morgan fingerprint density at radius 2 is 1.63 bits per heavy atom. The van der Waals surface area contributed by atoms with Crippen LogP contribution in [0.4, 0.5) is 14.5 Å². The fourth-order valence-electron chi connectivity index (χ4n) is 3.09. The third-order valence-electron chi connectivity index (χ3n) is 4.50. The molecule has 0 spiro atoms. The highest BCUT2D eigenvalue weighted by atomic mass is 32.2. The minimum atomic E-state index is -3.67. The maximum Gasteiger partial charge on any atom is 0.255 e. The minimum Gasteiger partial charge on any atom is -0.322 e. The lowest BCUT2D eigenvalue weighted by atomic mass is 10.2. The number of aryl methyl sites for hydroxylation is 1. The van der Waals surface area contributed by atoms with Gasteiger partial charge in [-0.2, -0.15) is 4.31 Å². The Labute approximate surface area is 157 Å². The smallest absolute Gasteiger partial charge is 0.255 e. The molecule has 27 heavy (non-hydrogen) atoms. The Kier molecular flexibility index (Phi) is 5.57. The largest absolute Gasteiger partial charge is 0.322 e. The molecule has 2 aromatic carbocycles. The zero-order valence-electron chi connectivity index (χ0n) is 14.8. The Balaban J connectivity index is 1.87. The number of piperidine rings is 1. The van der Waals surface area contributed by atoms with Crippen LogP contribution < -0.4 is 5.32 Å². The molecule has 8 heteroatoms. The fourth-order valence-corrected chi connectivity index (χ4v) is 4.86. The first kappa shape index (κ1) is 19.4. The van der Waals surface area contributed by atoms with Gasteiger partial charge in [-0.1, -0.05) is 12.5 Å². The molecule has 1 aliphatic heterocycles. The molecule has 1 amide bonds. The monoisotopic (exact) mass is 394 g/mol. The van der Waals surface area contributed by atoms with Crippen LogP contribution >= 0.6 is 0 Å². The van der Waals surface area contributed by atoms with E-state index in [0.717, 1.165) is 31.4 Å². The second kappa shape index (κ2) is 7.74. The summed E-state index contributed by atoms with van der Waals surface area (Å²) < 4.78 is 53.9. The number of benzene rings is 2. The summed E-state index contributed by atoms with van der Waals surface area (Å²) in [6.07, 6.45) is 2.64. The van der Waals surface area contributed by atoms with Crippen molar-refractivity contribution < 1.29 is 22.0 Å². The number of anilines is 1. The maximum atomic E-state index is 13.3. The van der Waals surface area contributed by atoms with E-state index < -0.39 is 27.6 Å². The summed E-state index contributed by atoms with van der Waals surface area (Å²) in [4.78, 5) is 12.4. The van der Waals surface area contributed by atoms with E-state index in [9.17, 15) is 22.0 Å². The molecule has 1 N–H and O–H groups in total. The summed E-state index contributed by atoms with van der Waals surface area (Å²) in [6.45, 7) is 2.63. The first-order valence-electron chi connectivity index (χ1n) is 8.65. The van der Waals surface area contributed by atoms with E-state index in [-0.39, 0.29) is 16.1 Å². The highest BCUT2D eigenvalue weighted by Crippen LogP contribution is 2.26. The number of sulfonamides is 1. The quantitative estimate of drug-likeness (QED) is 0.860. The number of carbonyl (C=O) groups is 1. The number of rotatable bonds is 4. The third kappa shape index (κ3) is 4.33. The van der Waals surface area contributed by atoms with Gasteiger partial charge in [0.1, 0.15) is 11.6 Å². The van der Waals surface area contributed by atoms with E-state index in [4.69, 9.17) is 0 Å². The summed E-state index contributed by atoms with van der Waals surface area (Å²) in [5.74, 6) is -2.45. The number of hydrogen-bond acceptors (Lipinski definition) is 3. The van der Waals surface area contributed by atoms with Crippen LogP contribution in [-0.4, -0.2) is 31.7 Å². The molecule has 1 aliphatic rings. The van der Waals surface area contributed by atoms with E-state index in [1.807, 2.05) is 0 Å². The van der Waals surface area contributed by atoms with Gasteiger partial charge in [0.25, 0.3) is 5.91 Å². The van der Waals surface area contributed by atoms with Gasteiger partial charge >= 0.3 is 0 Å². The molecule has 0 unspecified atom stereocenters. The number of nitrogens with one attached hydrogen (secondary N) is 1. The molecule has 0 atom stereocenters. The molecule has 0 radical (unpaired) electrons. The number of carbonyl (C=O) groups excluding carboxylic acids is 1. The van der Waals surface area contributed by atoms with Gasteiger partial charge in [0.15, 0.2) is 0 Å². The first-order valence-corrected chi connectivity index (χ1v) is 10.1. The van der Waals surface area contributed by atoms with E-state index >= 15 is 0 Å². The van der Waals surface area contributed by atoms with Crippen LogP contribution in [0.3, 0.4) is 0 Å². The number of halogens is 2. The normalized spacial score (nSPS) is 15.5. The lowest BCUT2D eigenvalue weighted by Crippen LogP contribution is -2.36. The van der Waals surface area contributed by atoms with Gasteiger partial charge in [0.2, 0.25) is 10.0 Å². The predicted molar refractivity (Wildman–Crippen MR) is 98.1 cm³/mol. The molecular formula is C19H20F2N2O3S. The zero-order chi connectivity index (χ0) is 19.6. The van der Waals surface area contributed by atoms with Gasteiger partial charge in [-0.15, -0.1) is 0 Å². The second-order valence-electron chi connectivity index (χ2n) is 6.56. The average molecular weight is 394 g/mol. The van der Waals surface area contributed by atoms with Gasteiger partial charge < -0.3 is 5.32 Å². The molecule has 144 valence electrons. The topological polar surface area (TPSA) is 66.5 Å². The first-order chi connectivity index (χ1) is 12.8. The van der Waals surface area contributed by atoms with Gasteiger partial charge in [-0.05, 0) is 49.6 Å². The van der Waals surface area contributed by atoms with E-state index in [2.05, 4.69) is 5.32 Å². The van der Waals surface area contributed by atoms with E-state index in [0.29, 0.717) is 24.7 Å². The number of nitrogens with zero attached hydrogens (tertiary/aromatic N) is 1. The lowest BCUT2D eigenvalue weighted by molar-refractivity contribution is 0.102. The van der Waals surface area contributed by atoms with E-state index in [1.54, 1.807) is 19.1 Å². The number of hydrogen-bond donors (Lipinski definition) is 1. The van der Waals surface area contributed by atoms with Gasteiger partial charge in [0.05, 0.1) is 4.90 Å². The summed E-state index contributed by atoms with van der Waals surface area (Å²) in [5.41, 5.74) is 0.620. The van der Waals surface area contributed by atoms with Crippen LogP contribution in [0.5, 0.6) is 0 Å². The predicted octanol–water partition coefficient (Wildman–Crippen LogP) is 3.70. The van der Waals surface area contributed by atoms with Crippen molar-refractivity contribution in [2.24, 2.45) is 0 Å². The third-order valence-corrected chi connectivity index (χ3v) is 6.54. The highest BCUT2D eigenvalue weighted by molar-refractivity contribution is 7.89. The highest BCUT2D eigenvalue weighted by Gasteiger charge is 2.27. The van der Waals surface area contributed by atoms with Crippen molar-refractivity contribution in [1.82, 2.24) is 4.31 Å². The molecule has 1 fully saturated rings. The molecule has 3 rings (SSSR count). The molecule has 1 heterocycles. The molecule has 2 aromatic rings. The van der Waals surface area contributed by atoms with Crippen molar-refractivity contribution in [2.75, 3.05) is 18.4 Å². The van der Waals surface area contributed by atoms with Crippen molar-refractivity contribution in [3.63, 3.8) is 0 Å². The Bertz CT molecular complexity index is 951. The van der Waals surface area contributed by atoms with Crippen molar-refractivity contribution in [2.45, 2.75) is 31.1 Å². The Morgan fingerprint density at radius 3 is 2.26 bits per heavy atom. The summed E-state index contributed by atoms with van der Waals surface area (Å²) in [5, 5.41) is 2.50. The van der Waals surface area contributed by atoms with Crippen molar-refractivity contribution in [3.8, 4) is 0 Å². The van der Waals surface area contributed by atoms with Crippen LogP contribution in [0.1, 0.15) is 35.2 Å². The average Bonchev–Trinajstić information content (AvgIpc) is 2.63. The van der Waals surface area contributed by atoms with Crippen molar-refractivity contribution in [1.29, 1.82) is 0 Å². The van der Waals surface area contributed by atoms with Crippen LogP contribution in [0.15, 0.2) is 41.3 Å². The second-order valence-corrected chi connectivity index (χ2v) is 8.46. The molecule has 0 saturated carbocycles. The lowest BCUT2D eigenvalue weighted by Gasteiger charge is -2.26. The fraction of sp³-hybridized carbons (Fsp3) is 0.316.